The number of amides is 3. The average Bonchev–Trinajstić information content (AvgIpc) is 3.81. The Morgan fingerprint density at radius 1 is 1.04 bits per heavy atom. The van der Waals surface area contributed by atoms with Crippen molar-refractivity contribution in [1.29, 1.82) is 0 Å². The highest BCUT2D eigenvalue weighted by molar-refractivity contribution is 8.08. The van der Waals surface area contributed by atoms with Crippen LogP contribution in [0.3, 0.4) is 0 Å². The number of unbranched alkanes of at least 4 members (excludes halogenated alkanes) is 4. The Hall–Kier alpha value is -2.93. The van der Waals surface area contributed by atoms with E-state index in [0.717, 1.165) is 89.4 Å². The zero-order chi connectivity index (χ0) is 32.8. The predicted octanol–water partition coefficient (Wildman–Crippen LogP) is 0.760. The lowest BCUT2D eigenvalue weighted by molar-refractivity contribution is -0.699. The van der Waals surface area contributed by atoms with Gasteiger partial charge in [-0.2, -0.15) is 16.3 Å². The molecule has 0 unspecified atom stereocenters. The molecule has 3 N–H and O–H groups in total. The number of carbonyl (C=O) groups excluding carboxylic acids is 2. The summed E-state index contributed by atoms with van der Waals surface area (Å²) < 4.78 is 5.90. The molecule has 2 saturated heterocycles. The summed E-state index contributed by atoms with van der Waals surface area (Å²) in [5.41, 5.74) is 2.30. The fraction of sp³-hybridized carbons (Fsp3) is 0.486. The summed E-state index contributed by atoms with van der Waals surface area (Å²) in [6.07, 6.45) is 12.0. The predicted molar refractivity (Wildman–Crippen MR) is 193 cm³/mol. The van der Waals surface area contributed by atoms with Gasteiger partial charge in [-0.25, -0.2) is 4.79 Å². The monoisotopic (exact) mass is 728 g/mol. The number of para-hydroxylation sites is 1. The van der Waals surface area contributed by atoms with E-state index in [2.05, 4.69) is 68.0 Å². The summed E-state index contributed by atoms with van der Waals surface area (Å²) in [5.74, 6) is 1.12. The highest BCUT2D eigenvalue weighted by Crippen LogP contribution is 2.45. The number of thiazole rings is 1. The topological polar surface area (TPSA) is 99.3 Å². The molecule has 0 aliphatic carbocycles. The number of nitrogens with zero attached hydrogens (tertiary/aromatic N) is 3. The quantitative estimate of drug-likeness (QED) is 0.129. The minimum atomic E-state index is -0.0439. The number of aromatic nitrogens is 2. The van der Waals surface area contributed by atoms with E-state index in [1.54, 1.807) is 23.1 Å². The third-order valence-corrected chi connectivity index (χ3v) is 13.1. The number of nitrogens with one attached hydrogen (secondary N) is 3. The van der Waals surface area contributed by atoms with Gasteiger partial charge in [0.25, 0.3) is 5.56 Å². The number of hydrogen-bond acceptors (Lipinski definition) is 7. The SMILES string of the molecule is CCn1c(=O)/c(=C2\Sc3ccccc3N2C)s/c1=C\c1cccc[n+]1CCCCCCNC(=O)CCCC[C@@H]1SC[C@@H]2NC(=O)N[C@@H]21.[Cl-]. The number of carbonyl (C=O) groups is 2. The van der Waals surface area contributed by atoms with Crippen LogP contribution in [-0.4, -0.2) is 53.2 Å². The third kappa shape index (κ3) is 8.43. The van der Waals surface area contributed by atoms with Gasteiger partial charge in [0.1, 0.15) is 20.8 Å². The molecule has 258 valence electrons. The minimum absolute atomic E-state index is 0. The molecule has 3 aliphatic heterocycles. The highest BCUT2D eigenvalue weighted by Gasteiger charge is 2.42. The molecule has 3 amide bonds. The number of aryl methyl sites for hydroxylation is 1. The minimum Gasteiger partial charge on any atom is -1.00 e. The fourth-order valence-corrected chi connectivity index (χ4v) is 10.6. The molecule has 2 aromatic heterocycles. The van der Waals surface area contributed by atoms with Crippen molar-refractivity contribution in [2.24, 2.45) is 0 Å². The average molecular weight is 729 g/mol. The van der Waals surface area contributed by atoms with Crippen LogP contribution in [0.1, 0.15) is 64.0 Å². The van der Waals surface area contributed by atoms with Gasteiger partial charge in [0.2, 0.25) is 11.6 Å². The van der Waals surface area contributed by atoms with Gasteiger partial charge in [-0.15, -0.1) is 11.3 Å². The van der Waals surface area contributed by atoms with Gasteiger partial charge in [-0.1, -0.05) is 36.7 Å². The molecule has 48 heavy (non-hydrogen) atoms. The summed E-state index contributed by atoms with van der Waals surface area (Å²) in [4.78, 5) is 40.7. The molecule has 3 aliphatic rings. The molecule has 5 heterocycles. The second kappa shape index (κ2) is 17.1. The summed E-state index contributed by atoms with van der Waals surface area (Å²) in [6.45, 7) is 4.28. The van der Waals surface area contributed by atoms with E-state index in [0.29, 0.717) is 18.2 Å². The van der Waals surface area contributed by atoms with Crippen LogP contribution < -0.4 is 52.6 Å². The summed E-state index contributed by atoms with van der Waals surface area (Å²) in [5, 5.41) is 10.6. The van der Waals surface area contributed by atoms with Gasteiger partial charge >= 0.3 is 6.03 Å². The van der Waals surface area contributed by atoms with Crippen molar-refractivity contribution in [3.63, 3.8) is 0 Å². The third-order valence-electron chi connectivity index (χ3n) is 9.14. The second-order valence-corrected chi connectivity index (χ2v) is 15.7. The Bertz CT molecular complexity index is 1780. The summed E-state index contributed by atoms with van der Waals surface area (Å²) >= 11 is 5.17. The number of anilines is 1. The Morgan fingerprint density at radius 3 is 2.69 bits per heavy atom. The highest BCUT2D eigenvalue weighted by atomic mass is 35.5. The maximum absolute atomic E-state index is 13.5. The molecular weight excluding hydrogens is 684 g/mol. The van der Waals surface area contributed by atoms with Crippen LogP contribution in [0.5, 0.6) is 0 Å². The molecule has 6 rings (SSSR count). The number of halogens is 1. The second-order valence-electron chi connectivity index (χ2n) is 12.3. The molecule has 13 heteroatoms. The largest absolute Gasteiger partial charge is 1.00 e. The lowest BCUT2D eigenvalue weighted by Crippen LogP contribution is -3.00. The maximum atomic E-state index is 13.5. The van der Waals surface area contributed by atoms with Crippen molar-refractivity contribution in [2.75, 3.05) is 24.2 Å². The number of hydrogen-bond donors (Lipinski definition) is 3. The Morgan fingerprint density at radius 2 is 1.85 bits per heavy atom. The van der Waals surface area contributed by atoms with Crippen LogP contribution >= 0.6 is 34.9 Å². The van der Waals surface area contributed by atoms with Crippen molar-refractivity contribution in [1.82, 2.24) is 20.5 Å². The molecule has 1 aromatic carbocycles. The van der Waals surface area contributed by atoms with Gasteiger partial charge in [-0.05, 0) is 50.8 Å². The Kier molecular flexibility index (Phi) is 13.0. The lowest BCUT2D eigenvalue weighted by Gasteiger charge is -2.16. The number of rotatable bonds is 14. The van der Waals surface area contributed by atoms with Crippen molar-refractivity contribution in [3.05, 3.63) is 73.9 Å². The summed E-state index contributed by atoms with van der Waals surface area (Å²) in [6, 6.07) is 15.0. The first-order valence-electron chi connectivity index (χ1n) is 16.8. The number of benzene rings is 1. The zero-order valence-corrected chi connectivity index (χ0v) is 30.8. The fourth-order valence-electron chi connectivity index (χ4n) is 6.57. The van der Waals surface area contributed by atoms with Crippen LogP contribution in [0.4, 0.5) is 10.5 Å². The molecule has 0 bridgehead atoms. The van der Waals surface area contributed by atoms with E-state index in [4.69, 9.17) is 0 Å². The Balaban J connectivity index is 0.00000451. The van der Waals surface area contributed by atoms with Crippen LogP contribution in [0.2, 0.25) is 0 Å². The van der Waals surface area contributed by atoms with E-state index >= 15 is 0 Å². The molecular formula is C35H45ClN6O3S3. The molecule has 0 saturated carbocycles. The molecule has 0 radical (unpaired) electrons. The van der Waals surface area contributed by atoms with E-state index < -0.39 is 0 Å². The Labute approximate surface area is 301 Å². The van der Waals surface area contributed by atoms with Crippen molar-refractivity contribution >= 4 is 63.6 Å². The first kappa shape index (κ1) is 36.4. The van der Waals surface area contributed by atoms with Gasteiger partial charge in [0.15, 0.2) is 6.20 Å². The summed E-state index contributed by atoms with van der Waals surface area (Å²) in [7, 11) is 2.04. The normalized spacial score (nSPS) is 21.0. The first-order valence-corrected chi connectivity index (χ1v) is 19.5. The molecule has 9 nitrogen and oxygen atoms in total. The van der Waals surface area contributed by atoms with E-state index in [1.165, 1.54) is 4.90 Å². The molecule has 3 aromatic rings. The van der Waals surface area contributed by atoms with Gasteiger partial charge in [-0.3, -0.25) is 14.2 Å². The number of thioether (sulfide) groups is 2. The van der Waals surface area contributed by atoms with Crippen LogP contribution in [0.25, 0.3) is 11.1 Å². The van der Waals surface area contributed by atoms with Crippen molar-refractivity contribution < 1.29 is 26.6 Å². The number of fused-ring (bicyclic) bond motifs is 2. The number of pyridine rings is 1. The van der Waals surface area contributed by atoms with E-state index in [1.807, 2.05) is 42.4 Å². The molecule has 0 spiro atoms. The van der Waals surface area contributed by atoms with Gasteiger partial charge in [0.05, 0.1) is 17.8 Å². The van der Waals surface area contributed by atoms with Crippen molar-refractivity contribution in [2.45, 2.75) is 93.6 Å². The molecule has 3 atom stereocenters. The van der Waals surface area contributed by atoms with Gasteiger partial charge < -0.3 is 33.3 Å². The van der Waals surface area contributed by atoms with Gasteiger partial charge in [0, 0.05) is 67.1 Å². The zero-order valence-electron chi connectivity index (χ0n) is 27.6. The maximum Gasteiger partial charge on any atom is 0.315 e. The van der Waals surface area contributed by atoms with E-state index in [-0.39, 0.29) is 42.0 Å². The standard InChI is InChI=1S/C35H44N6O3S3.ClH/c1-3-41-30(47-32(33(41)43)34-39(2)26-15-6-7-16-27(26)46-34)22-24-14-10-13-21-40(24)20-12-5-4-11-19-36-29(42)18-9-8-17-28-31-25(23-45-28)37-35(44)38-31;/h6-7,10,13-16,21-22,25,28,31H,3-5,8-9,11-12,17-20,23H2,1-2H3,(H2-,36,37,38,42,44);1H/b34-32+;/t25-,28-,31-;/m0./s1. The number of urea groups is 1. The molecule has 2 fully saturated rings. The van der Waals surface area contributed by atoms with Crippen LogP contribution in [0.15, 0.2) is 58.4 Å². The smallest absolute Gasteiger partial charge is 0.315 e. The van der Waals surface area contributed by atoms with Crippen LogP contribution in [-0.2, 0) is 17.9 Å². The first-order chi connectivity index (χ1) is 22.9. The van der Waals surface area contributed by atoms with Crippen LogP contribution in [0, 0.1) is 0 Å². The van der Waals surface area contributed by atoms with Crippen molar-refractivity contribution in [3.8, 4) is 0 Å². The lowest BCUT2D eigenvalue weighted by atomic mass is 10.0. The van der Waals surface area contributed by atoms with E-state index in [9.17, 15) is 14.4 Å².